The highest BCUT2D eigenvalue weighted by Gasteiger charge is 2.16. The van der Waals surface area contributed by atoms with E-state index in [-0.39, 0.29) is 11.9 Å². The molecular formula is C25H28N2O2. The van der Waals surface area contributed by atoms with E-state index in [4.69, 9.17) is 4.74 Å². The molecule has 0 radical (unpaired) electrons. The molecule has 0 aliphatic carbocycles. The van der Waals surface area contributed by atoms with Crippen LogP contribution in [0, 0.1) is 0 Å². The molecule has 1 atom stereocenters. The summed E-state index contributed by atoms with van der Waals surface area (Å²) in [5.41, 5.74) is 3.45. The average molecular weight is 389 g/mol. The molecule has 2 N–H and O–H groups in total. The molecule has 0 spiro atoms. The number of rotatable bonds is 10. The van der Waals surface area contributed by atoms with Crippen LogP contribution in [0.4, 0.5) is 0 Å². The maximum absolute atomic E-state index is 12.5. The van der Waals surface area contributed by atoms with Crippen molar-refractivity contribution < 1.29 is 9.53 Å². The van der Waals surface area contributed by atoms with E-state index in [0.29, 0.717) is 19.6 Å². The summed E-state index contributed by atoms with van der Waals surface area (Å²) in [6.07, 6.45) is 1.46. The maximum atomic E-state index is 12.5. The number of carbonyl (C=O) groups excluding carboxylic acids is 1. The smallest absolute Gasteiger partial charge is 0.237 e. The zero-order valence-electron chi connectivity index (χ0n) is 16.8. The highest BCUT2D eigenvalue weighted by atomic mass is 16.5. The summed E-state index contributed by atoms with van der Waals surface area (Å²) in [4.78, 5) is 12.5. The Morgan fingerprint density at radius 2 is 1.45 bits per heavy atom. The fourth-order valence-electron chi connectivity index (χ4n) is 3.12. The first-order chi connectivity index (χ1) is 14.2. The molecule has 0 heterocycles. The van der Waals surface area contributed by atoms with E-state index in [1.165, 1.54) is 5.56 Å². The van der Waals surface area contributed by atoms with Crippen molar-refractivity contribution in [3.63, 3.8) is 0 Å². The molecule has 0 fully saturated rings. The van der Waals surface area contributed by atoms with Crippen LogP contribution in [0.2, 0.25) is 0 Å². The van der Waals surface area contributed by atoms with Crippen molar-refractivity contribution in [2.24, 2.45) is 0 Å². The van der Waals surface area contributed by atoms with Gasteiger partial charge >= 0.3 is 0 Å². The highest BCUT2D eigenvalue weighted by Crippen LogP contribution is 2.15. The van der Waals surface area contributed by atoms with E-state index >= 15 is 0 Å². The van der Waals surface area contributed by atoms with Crippen LogP contribution in [0.25, 0.3) is 0 Å². The molecule has 0 aliphatic rings. The summed E-state index contributed by atoms with van der Waals surface area (Å²) in [7, 11) is 1.82. The first kappa shape index (κ1) is 20.6. The minimum atomic E-state index is -0.262. The molecule has 3 aromatic carbocycles. The Morgan fingerprint density at radius 1 is 0.828 bits per heavy atom. The van der Waals surface area contributed by atoms with Gasteiger partial charge in [0.25, 0.3) is 0 Å². The maximum Gasteiger partial charge on any atom is 0.237 e. The van der Waals surface area contributed by atoms with Gasteiger partial charge in [-0.15, -0.1) is 0 Å². The Hall–Kier alpha value is -3.11. The number of hydrogen-bond acceptors (Lipinski definition) is 3. The number of amides is 1. The van der Waals surface area contributed by atoms with E-state index in [9.17, 15) is 4.79 Å². The van der Waals surface area contributed by atoms with Gasteiger partial charge in [-0.1, -0.05) is 72.8 Å². The third-order valence-electron chi connectivity index (χ3n) is 4.83. The normalized spacial score (nSPS) is 11.6. The Balaban J connectivity index is 1.46. The molecule has 0 saturated heterocycles. The van der Waals surface area contributed by atoms with Crippen LogP contribution in [-0.2, 0) is 24.2 Å². The van der Waals surface area contributed by atoms with Crippen LogP contribution in [0.1, 0.15) is 16.7 Å². The van der Waals surface area contributed by atoms with Gasteiger partial charge < -0.3 is 15.4 Å². The highest BCUT2D eigenvalue weighted by molar-refractivity contribution is 5.82. The van der Waals surface area contributed by atoms with E-state index in [0.717, 1.165) is 23.3 Å². The van der Waals surface area contributed by atoms with Crippen molar-refractivity contribution in [1.82, 2.24) is 10.6 Å². The topological polar surface area (TPSA) is 50.4 Å². The van der Waals surface area contributed by atoms with E-state index in [1.54, 1.807) is 0 Å². The van der Waals surface area contributed by atoms with Crippen LogP contribution in [0.3, 0.4) is 0 Å². The molecule has 29 heavy (non-hydrogen) atoms. The summed E-state index contributed by atoms with van der Waals surface area (Å²) in [6.45, 7) is 1.18. The molecule has 150 valence electrons. The molecule has 3 rings (SSSR count). The molecule has 1 amide bonds. The number of likely N-dealkylation sites (N-methyl/N-ethyl adjacent to an activating group) is 1. The number of benzene rings is 3. The van der Waals surface area contributed by atoms with Crippen LogP contribution in [0.5, 0.6) is 5.75 Å². The van der Waals surface area contributed by atoms with Crippen LogP contribution in [0.15, 0.2) is 84.9 Å². The molecule has 0 saturated carbocycles. The van der Waals surface area contributed by atoms with Crippen molar-refractivity contribution in [2.75, 3.05) is 13.6 Å². The number of ether oxygens (including phenoxy) is 1. The van der Waals surface area contributed by atoms with Gasteiger partial charge in [-0.3, -0.25) is 4.79 Å². The Kier molecular flexibility index (Phi) is 7.84. The Labute approximate surface area is 172 Å². The summed E-state index contributed by atoms with van der Waals surface area (Å²) in [5.74, 6) is 0.846. The largest absolute Gasteiger partial charge is 0.489 e. The molecule has 0 aliphatic heterocycles. The first-order valence-corrected chi connectivity index (χ1v) is 9.99. The molecule has 4 nitrogen and oxygen atoms in total. The van der Waals surface area contributed by atoms with Crippen LogP contribution < -0.4 is 15.4 Å². The van der Waals surface area contributed by atoms with Gasteiger partial charge in [0.1, 0.15) is 12.4 Å². The lowest BCUT2D eigenvalue weighted by molar-refractivity contribution is -0.122. The minimum absolute atomic E-state index is 0.0211. The predicted molar refractivity (Wildman–Crippen MR) is 117 cm³/mol. The lowest BCUT2D eigenvalue weighted by Gasteiger charge is -2.16. The fourth-order valence-corrected chi connectivity index (χ4v) is 3.12. The second-order valence-electron chi connectivity index (χ2n) is 6.99. The second-order valence-corrected chi connectivity index (χ2v) is 6.99. The van der Waals surface area contributed by atoms with Crippen molar-refractivity contribution in [3.05, 3.63) is 102 Å². The molecule has 4 heteroatoms. The van der Waals surface area contributed by atoms with Gasteiger partial charge in [0, 0.05) is 6.54 Å². The Bertz CT molecular complexity index is 864. The summed E-state index contributed by atoms with van der Waals surface area (Å²) in [5, 5.41) is 6.14. The van der Waals surface area contributed by atoms with Gasteiger partial charge in [-0.05, 0) is 48.7 Å². The lowest BCUT2D eigenvalue weighted by Crippen LogP contribution is -2.44. The van der Waals surface area contributed by atoms with Gasteiger partial charge in [0.15, 0.2) is 0 Å². The SMILES string of the molecule is CNC(Cc1ccc(OCc2ccccc2)cc1)C(=O)NCCc1ccccc1. The van der Waals surface area contributed by atoms with Crippen molar-refractivity contribution in [3.8, 4) is 5.75 Å². The van der Waals surface area contributed by atoms with Crippen molar-refractivity contribution in [2.45, 2.75) is 25.5 Å². The average Bonchev–Trinajstić information content (AvgIpc) is 2.78. The zero-order valence-corrected chi connectivity index (χ0v) is 16.8. The van der Waals surface area contributed by atoms with E-state index < -0.39 is 0 Å². The quantitative estimate of drug-likeness (QED) is 0.556. The third-order valence-corrected chi connectivity index (χ3v) is 4.83. The minimum Gasteiger partial charge on any atom is -0.489 e. The summed E-state index contributed by atoms with van der Waals surface area (Å²) >= 11 is 0. The van der Waals surface area contributed by atoms with Gasteiger partial charge in [-0.2, -0.15) is 0 Å². The van der Waals surface area contributed by atoms with Crippen LogP contribution >= 0.6 is 0 Å². The number of carbonyl (C=O) groups is 1. The summed E-state index contributed by atoms with van der Waals surface area (Å²) < 4.78 is 5.83. The molecule has 0 aromatic heterocycles. The number of hydrogen-bond donors (Lipinski definition) is 2. The molecular weight excluding hydrogens is 360 g/mol. The van der Waals surface area contributed by atoms with Gasteiger partial charge in [-0.25, -0.2) is 0 Å². The third kappa shape index (κ3) is 6.77. The van der Waals surface area contributed by atoms with Crippen molar-refractivity contribution in [1.29, 1.82) is 0 Å². The lowest BCUT2D eigenvalue weighted by atomic mass is 10.0. The molecule has 0 bridgehead atoms. The zero-order chi connectivity index (χ0) is 20.3. The first-order valence-electron chi connectivity index (χ1n) is 9.99. The Morgan fingerprint density at radius 3 is 2.07 bits per heavy atom. The standard InChI is InChI=1S/C25H28N2O2/c1-26-24(25(28)27-17-16-20-8-4-2-5-9-20)18-21-12-14-23(15-13-21)29-19-22-10-6-3-7-11-22/h2-15,24,26H,16-19H2,1H3,(H,27,28). The monoisotopic (exact) mass is 388 g/mol. The van der Waals surface area contributed by atoms with E-state index in [2.05, 4.69) is 22.8 Å². The van der Waals surface area contributed by atoms with Crippen molar-refractivity contribution >= 4 is 5.91 Å². The predicted octanol–water partition coefficient (Wildman–Crippen LogP) is 3.76. The fraction of sp³-hybridized carbons (Fsp3) is 0.240. The second kappa shape index (κ2) is 11.0. The molecule has 3 aromatic rings. The number of nitrogens with one attached hydrogen (secondary N) is 2. The molecule has 1 unspecified atom stereocenters. The van der Waals surface area contributed by atoms with E-state index in [1.807, 2.05) is 79.8 Å². The van der Waals surface area contributed by atoms with Gasteiger partial charge in [0.05, 0.1) is 6.04 Å². The summed E-state index contributed by atoms with van der Waals surface area (Å²) in [6, 6.07) is 27.9. The van der Waals surface area contributed by atoms with Gasteiger partial charge in [0.2, 0.25) is 5.91 Å². The van der Waals surface area contributed by atoms with Crippen LogP contribution in [-0.4, -0.2) is 25.5 Å².